The highest BCUT2D eigenvalue weighted by Gasteiger charge is 2.18. The minimum atomic E-state index is -0.458. The molecule has 0 aliphatic carbocycles. The number of hydrogen-bond acceptors (Lipinski definition) is 4. The third-order valence-electron chi connectivity index (χ3n) is 2.87. The van der Waals surface area contributed by atoms with E-state index in [1.807, 2.05) is 0 Å². The number of amides is 1. The average molecular weight is 287 g/mol. The predicted molar refractivity (Wildman–Crippen MR) is 71.3 cm³/mol. The standard InChI is InChI=1S/C12H14N2O4.ClH/c15-12(13-7-1-2-8-13)18-9-10-3-5-11(6-4-10)14(16)17;/h3-6H,1-2,7-9H2;1H. The van der Waals surface area contributed by atoms with Gasteiger partial charge in [0, 0.05) is 25.2 Å². The Morgan fingerprint density at radius 3 is 2.37 bits per heavy atom. The summed E-state index contributed by atoms with van der Waals surface area (Å²) < 4.78 is 5.13. The number of ether oxygens (including phenoxy) is 1. The molecule has 1 amide bonds. The van der Waals surface area contributed by atoms with Crippen LogP contribution in [-0.4, -0.2) is 29.0 Å². The van der Waals surface area contributed by atoms with Crippen molar-refractivity contribution in [1.82, 2.24) is 4.90 Å². The molecular formula is C12H15ClN2O4. The summed E-state index contributed by atoms with van der Waals surface area (Å²) in [7, 11) is 0. The molecule has 2 rings (SSSR count). The number of benzene rings is 1. The summed E-state index contributed by atoms with van der Waals surface area (Å²) in [4.78, 5) is 23.3. The van der Waals surface area contributed by atoms with E-state index in [-0.39, 0.29) is 30.8 Å². The SMILES string of the molecule is Cl.O=C(OCc1ccc([N+](=O)[O-])cc1)N1CCCC1. The molecule has 7 heteroatoms. The number of nitro benzene ring substituents is 1. The van der Waals surface area contributed by atoms with Gasteiger partial charge in [0.15, 0.2) is 0 Å². The molecular weight excluding hydrogens is 272 g/mol. The molecule has 1 heterocycles. The van der Waals surface area contributed by atoms with Crippen molar-refractivity contribution >= 4 is 24.2 Å². The number of halogens is 1. The number of hydrogen-bond donors (Lipinski definition) is 0. The Bertz CT molecular complexity index is 444. The van der Waals surface area contributed by atoms with Crippen molar-refractivity contribution in [2.75, 3.05) is 13.1 Å². The van der Waals surface area contributed by atoms with Crippen LogP contribution in [0.5, 0.6) is 0 Å². The Morgan fingerprint density at radius 2 is 1.84 bits per heavy atom. The quantitative estimate of drug-likeness (QED) is 0.632. The van der Waals surface area contributed by atoms with Gasteiger partial charge in [0.1, 0.15) is 6.61 Å². The molecule has 1 fully saturated rings. The second-order valence-electron chi connectivity index (χ2n) is 4.17. The minimum absolute atomic E-state index is 0. The number of rotatable bonds is 3. The van der Waals surface area contributed by atoms with Crippen LogP contribution in [0.1, 0.15) is 18.4 Å². The molecule has 1 aliphatic rings. The van der Waals surface area contributed by atoms with Crippen LogP contribution in [0.25, 0.3) is 0 Å². The molecule has 0 aromatic heterocycles. The van der Waals surface area contributed by atoms with Gasteiger partial charge in [-0.3, -0.25) is 10.1 Å². The van der Waals surface area contributed by atoms with Crippen molar-refractivity contribution in [3.05, 3.63) is 39.9 Å². The van der Waals surface area contributed by atoms with Crippen LogP contribution in [-0.2, 0) is 11.3 Å². The largest absolute Gasteiger partial charge is 0.445 e. The number of non-ortho nitro benzene ring substituents is 1. The molecule has 1 aromatic rings. The number of carbonyl (C=O) groups excluding carboxylic acids is 1. The molecule has 6 nitrogen and oxygen atoms in total. The average Bonchev–Trinajstić information content (AvgIpc) is 2.90. The molecule has 1 aliphatic heterocycles. The lowest BCUT2D eigenvalue weighted by Gasteiger charge is -2.14. The molecule has 19 heavy (non-hydrogen) atoms. The summed E-state index contributed by atoms with van der Waals surface area (Å²) in [5.41, 5.74) is 0.776. The van der Waals surface area contributed by atoms with Crippen molar-refractivity contribution in [3.63, 3.8) is 0 Å². The van der Waals surface area contributed by atoms with Crippen molar-refractivity contribution in [2.45, 2.75) is 19.4 Å². The second-order valence-corrected chi connectivity index (χ2v) is 4.17. The smallest absolute Gasteiger partial charge is 0.410 e. The first-order chi connectivity index (χ1) is 8.66. The fourth-order valence-corrected chi connectivity index (χ4v) is 1.85. The minimum Gasteiger partial charge on any atom is -0.445 e. The lowest BCUT2D eigenvalue weighted by Crippen LogP contribution is -2.28. The topological polar surface area (TPSA) is 72.7 Å². The fraction of sp³-hybridized carbons (Fsp3) is 0.417. The molecule has 0 radical (unpaired) electrons. The van der Waals surface area contributed by atoms with Gasteiger partial charge in [-0.15, -0.1) is 12.4 Å². The predicted octanol–water partition coefficient (Wildman–Crippen LogP) is 2.75. The fourth-order valence-electron chi connectivity index (χ4n) is 1.85. The molecule has 1 saturated heterocycles. The van der Waals surface area contributed by atoms with Crippen LogP contribution >= 0.6 is 12.4 Å². The van der Waals surface area contributed by atoms with Gasteiger partial charge in [-0.25, -0.2) is 4.79 Å². The molecule has 0 bridgehead atoms. The maximum atomic E-state index is 11.6. The van der Waals surface area contributed by atoms with Crippen molar-refractivity contribution in [2.24, 2.45) is 0 Å². The van der Waals surface area contributed by atoms with E-state index >= 15 is 0 Å². The van der Waals surface area contributed by atoms with E-state index in [2.05, 4.69) is 0 Å². The van der Waals surface area contributed by atoms with Crippen LogP contribution in [0.4, 0.5) is 10.5 Å². The highest BCUT2D eigenvalue weighted by molar-refractivity contribution is 5.85. The molecule has 0 spiro atoms. The zero-order valence-corrected chi connectivity index (χ0v) is 11.1. The van der Waals surface area contributed by atoms with Gasteiger partial charge < -0.3 is 9.64 Å². The Hall–Kier alpha value is -1.82. The van der Waals surface area contributed by atoms with Gasteiger partial charge in [0.05, 0.1) is 4.92 Å². The number of likely N-dealkylation sites (tertiary alicyclic amines) is 1. The van der Waals surface area contributed by atoms with Crippen LogP contribution in [0.3, 0.4) is 0 Å². The second kappa shape index (κ2) is 6.94. The summed E-state index contributed by atoms with van der Waals surface area (Å²) in [5, 5.41) is 10.5. The summed E-state index contributed by atoms with van der Waals surface area (Å²) in [5.74, 6) is 0. The molecule has 0 atom stereocenters. The zero-order chi connectivity index (χ0) is 13.0. The van der Waals surface area contributed by atoms with Crippen molar-refractivity contribution in [1.29, 1.82) is 0 Å². The lowest BCUT2D eigenvalue weighted by molar-refractivity contribution is -0.384. The van der Waals surface area contributed by atoms with E-state index in [0.29, 0.717) is 0 Å². The third kappa shape index (κ3) is 4.10. The first-order valence-corrected chi connectivity index (χ1v) is 5.82. The van der Waals surface area contributed by atoms with Gasteiger partial charge in [-0.1, -0.05) is 0 Å². The van der Waals surface area contributed by atoms with E-state index in [4.69, 9.17) is 4.74 Å². The van der Waals surface area contributed by atoms with Gasteiger partial charge in [0.2, 0.25) is 0 Å². The van der Waals surface area contributed by atoms with E-state index < -0.39 is 4.92 Å². The maximum absolute atomic E-state index is 11.6. The van der Waals surface area contributed by atoms with E-state index in [0.717, 1.165) is 31.5 Å². The van der Waals surface area contributed by atoms with Gasteiger partial charge in [0.25, 0.3) is 5.69 Å². The van der Waals surface area contributed by atoms with Gasteiger partial charge in [-0.05, 0) is 30.5 Å². The Morgan fingerprint density at radius 1 is 1.26 bits per heavy atom. The van der Waals surface area contributed by atoms with Crippen molar-refractivity contribution < 1.29 is 14.5 Å². The van der Waals surface area contributed by atoms with Crippen molar-refractivity contribution in [3.8, 4) is 0 Å². The van der Waals surface area contributed by atoms with E-state index in [9.17, 15) is 14.9 Å². The van der Waals surface area contributed by atoms with Crippen LogP contribution in [0, 0.1) is 10.1 Å². The summed E-state index contributed by atoms with van der Waals surface area (Å²) in [6, 6.07) is 5.99. The lowest BCUT2D eigenvalue weighted by atomic mass is 10.2. The highest BCUT2D eigenvalue weighted by atomic mass is 35.5. The van der Waals surface area contributed by atoms with E-state index in [1.54, 1.807) is 17.0 Å². The molecule has 0 unspecified atom stereocenters. The number of carbonyl (C=O) groups is 1. The molecule has 0 N–H and O–H groups in total. The monoisotopic (exact) mass is 286 g/mol. The summed E-state index contributed by atoms with van der Waals surface area (Å²) in [6.45, 7) is 1.64. The molecule has 1 aromatic carbocycles. The first kappa shape index (κ1) is 15.2. The van der Waals surface area contributed by atoms with Gasteiger partial charge in [-0.2, -0.15) is 0 Å². The zero-order valence-electron chi connectivity index (χ0n) is 10.3. The number of nitrogens with zero attached hydrogens (tertiary/aromatic N) is 2. The highest BCUT2D eigenvalue weighted by Crippen LogP contribution is 2.14. The maximum Gasteiger partial charge on any atom is 0.410 e. The Labute approximate surface area is 116 Å². The van der Waals surface area contributed by atoms with E-state index in [1.165, 1.54) is 12.1 Å². The Kier molecular flexibility index (Phi) is 5.57. The van der Waals surface area contributed by atoms with Crippen LogP contribution in [0.2, 0.25) is 0 Å². The van der Waals surface area contributed by atoms with Gasteiger partial charge >= 0.3 is 6.09 Å². The molecule has 104 valence electrons. The third-order valence-corrected chi connectivity index (χ3v) is 2.87. The number of nitro groups is 1. The summed E-state index contributed by atoms with van der Waals surface area (Å²) >= 11 is 0. The van der Waals surface area contributed by atoms with Crippen LogP contribution < -0.4 is 0 Å². The first-order valence-electron chi connectivity index (χ1n) is 5.82. The Balaban J connectivity index is 0.00000180. The summed E-state index contributed by atoms with van der Waals surface area (Å²) in [6.07, 6.45) is 1.73. The van der Waals surface area contributed by atoms with Crippen LogP contribution in [0.15, 0.2) is 24.3 Å². The normalized spacial score (nSPS) is 13.8. The molecule has 0 saturated carbocycles.